The van der Waals surface area contributed by atoms with Gasteiger partial charge < -0.3 is 5.32 Å². The number of aromatic nitrogens is 1. The summed E-state index contributed by atoms with van der Waals surface area (Å²) < 4.78 is 40.4. The number of amides is 1. The zero-order valence-corrected chi connectivity index (χ0v) is 12.1. The number of sulfonamides is 1. The maximum atomic E-state index is 13.1. The van der Waals surface area contributed by atoms with Crippen molar-refractivity contribution in [3.8, 4) is 0 Å². The molecule has 0 aromatic carbocycles. The minimum Gasteiger partial charge on any atom is -0.349 e. The van der Waals surface area contributed by atoms with E-state index in [1.807, 2.05) is 0 Å². The van der Waals surface area contributed by atoms with Gasteiger partial charge in [-0.2, -0.15) is 0 Å². The summed E-state index contributed by atoms with van der Waals surface area (Å²) in [7, 11) is -3.85. The normalized spacial score (nSPS) is 24.4. The van der Waals surface area contributed by atoms with Gasteiger partial charge in [-0.05, 0) is 31.7 Å². The molecule has 8 heteroatoms. The molecule has 1 atom stereocenters. The van der Waals surface area contributed by atoms with Crippen LogP contribution in [0.5, 0.6) is 0 Å². The van der Waals surface area contributed by atoms with E-state index >= 15 is 0 Å². The van der Waals surface area contributed by atoms with Gasteiger partial charge in [0.2, 0.25) is 15.9 Å². The van der Waals surface area contributed by atoms with Gasteiger partial charge in [-0.25, -0.2) is 17.5 Å². The number of rotatable bonds is 3. The Labute approximate surface area is 122 Å². The Morgan fingerprint density at radius 3 is 2.76 bits per heavy atom. The molecule has 0 radical (unpaired) electrons. The summed E-state index contributed by atoms with van der Waals surface area (Å²) in [6.45, 7) is 0. The molecule has 1 aromatic rings. The van der Waals surface area contributed by atoms with Crippen LogP contribution in [0, 0.1) is 5.82 Å². The Hall–Kier alpha value is -1.54. The highest BCUT2D eigenvalue weighted by Gasteiger charge is 2.49. The first-order valence-corrected chi connectivity index (χ1v) is 8.34. The van der Waals surface area contributed by atoms with Crippen LogP contribution in [0.4, 0.5) is 4.39 Å². The highest BCUT2D eigenvalue weighted by Crippen LogP contribution is 2.39. The second-order valence-electron chi connectivity index (χ2n) is 5.61. The molecule has 2 aliphatic rings. The lowest BCUT2D eigenvalue weighted by Gasteiger charge is -2.50. The van der Waals surface area contributed by atoms with Crippen LogP contribution in [0.1, 0.15) is 32.1 Å². The number of piperidine rings is 1. The van der Waals surface area contributed by atoms with Gasteiger partial charge >= 0.3 is 0 Å². The Balaban J connectivity index is 1.83. The predicted octanol–water partition coefficient (Wildman–Crippen LogP) is 0.700. The number of hydrogen-bond acceptors (Lipinski definition) is 4. The van der Waals surface area contributed by atoms with E-state index < -0.39 is 21.4 Å². The number of carbonyl (C=O) groups is 1. The third kappa shape index (κ3) is 2.65. The minimum atomic E-state index is -3.85. The fraction of sp³-hybridized carbons (Fsp3) is 0.538. The van der Waals surface area contributed by atoms with Crippen molar-refractivity contribution in [1.29, 1.82) is 0 Å². The standard InChI is InChI=1S/C13H16FN3O3S/c14-9-6-10(8-15-7-9)21(19,20)17-11-2-3-12(18)16-13(11)4-1-5-13/h6-8,11,17H,1-5H2,(H,16,18)/t11-/m1/s1. The molecule has 0 unspecified atom stereocenters. The Kier molecular flexibility index (Phi) is 3.45. The molecule has 21 heavy (non-hydrogen) atoms. The van der Waals surface area contributed by atoms with Crippen molar-refractivity contribution in [1.82, 2.24) is 15.0 Å². The van der Waals surface area contributed by atoms with E-state index in [1.54, 1.807) is 0 Å². The maximum absolute atomic E-state index is 13.1. The summed E-state index contributed by atoms with van der Waals surface area (Å²) >= 11 is 0. The average molecular weight is 313 g/mol. The SMILES string of the molecule is O=C1CC[C@@H](NS(=O)(=O)c2cncc(F)c2)C2(CCC2)N1. The van der Waals surface area contributed by atoms with Crippen LogP contribution >= 0.6 is 0 Å². The molecule has 1 saturated heterocycles. The summed E-state index contributed by atoms with van der Waals surface area (Å²) in [6, 6.07) is 0.571. The third-order valence-electron chi connectivity index (χ3n) is 4.25. The molecule has 1 aliphatic carbocycles. The lowest BCUT2D eigenvalue weighted by atomic mass is 9.68. The van der Waals surface area contributed by atoms with Crippen LogP contribution < -0.4 is 10.0 Å². The van der Waals surface area contributed by atoms with Gasteiger partial charge in [-0.15, -0.1) is 0 Å². The molecule has 114 valence electrons. The summed E-state index contributed by atoms with van der Waals surface area (Å²) in [5.74, 6) is -0.745. The second kappa shape index (κ2) is 5.03. The number of halogens is 1. The first-order chi connectivity index (χ1) is 9.91. The van der Waals surface area contributed by atoms with Crippen LogP contribution in [0.3, 0.4) is 0 Å². The predicted molar refractivity (Wildman–Crippen MR) is 72.3 cm³/mol. The largest absolute Gasteiger partial charge is 0.349 e. The smallest absolute Gasteiger partial charge is 0.242 e. The number of nitrogens with one attached hydrogen (secondary N) is 2. The van der Waals surface area contributed by atoms with Crippen molar-refractivity contribution in [2.75, 3.05) is 0 Å². The highest BCUT2D eigenvalue weighted by molar-refractivity contribution is 7.89. The van der Waals surface area contributed by atoms with Crippen molar-refractivity contribution in [2.45, 2.75) is 48.6 Å². The van der Waals surface area contributed by atoms with E-state index in [0.29, 0.717) is 6.42 Å². The Morgan fingerprint density at radius 2 is 2.14 bits per heavy atom. The topological polar surface area (TPSA) is 88.2 Å². The Bertz CT molecular complexity index is 673. The molecule has 6 nitrogen and oxygen atoms in total. The van der Waals surface area contributed by atoms with Gasteiger partial charge in [-0.3, -0.25) is 9.78 Å². The van der Waals surface area contributed by atoms with Gasteiger partial charge in [-0.1, -0.05) is 0 Å². The summed E-state index contributed by atoms with van der Waals surface area (Å²) in [6.07, 6.45) is 5.28. The molecular formula is C13H16FN3O3S. The van der Waals surface area contributed by atoms with E-state index in [2.05, 4.69) is 15.0 Å². The van der Waals surface area contributed by atoms with E-state index in [9.17, 15) is 17.6 Å². The lowest BCUT2D eigenvalue weighted by molar-refractivity contribution is -0.127. The summed E-state index contributed by atoms with van der Waals surface area (Å²) in [5.41, 5.74) is -0.483. The fourth-order valence-electron chi connectivity index (χ4n) is 2.98. The molecule has 0 bridgehead atoms. The average Bonchev–Trinajstić information content (AvgIpc) is 2.39. The van der Waals surface area contributed by atoms with Crippen molar-refractivity contribution in [3.05, 3.63) is 24.3 Å². The molecule has 3 rings (SSSR count). The molecule has 1 aromatic heterocycles. The van der Waals surface area contributed by atoms with Crippen molar-refractivity contribution < 1.29 is 17.6 Å². The molecule has 1 amide bonds. The first-order valence-electron chi connectivity index (χ1n) is 6.85. The Morgan fingerprint density at radius 1 is 1.38 bits per heavy atom. The van der Waals surface area contributed by atoms with Gasteiger partial charge in [0.15, 0.2) is 0 Å². The first kappa shape index (κ1) is 14.4. The van der Waals surface area contributed by atoms with E-state index in [4.69, 9.17) is 0 Å². The number of pyridine rings is 1. The van der Waals surface area contributed by atoms with Gasteiger partial charge in [0.05, 0.1) is 11.7 Å². The van der Waals surface area contributed by atoms with E-state index in [1.165, 1.54) is 0 Å². The van der Waals surface area contributed by atoms with Gasteiger partial charge in [0.1, 0.15) is 10.7 Å². The highest BCUT2D eigenvalue weighted by atomic mass is 32.2. The lowest BCUT2D eigenvalue weighted by Crippen LogP contribution is -2.68. The molecule has 2 N–H and O–H groups in total. The van der Waals surface area contributed by atoms with E-state index in [-0.39, 0.29) is 23.3 Å². The van der Waals surface area contributed by atoms with Gasteiger partial charge in [0.25, 0.3) is 0 Å². The molecule has 2 fully saturated rings. The second-order valence-corrected chi connectivity index (χ2v) is 7.32. The molecule has 1 aliphatic heterocycles. The zero-order valence-electron chi connectivity index (χ0n) is 11.3. The summed E-state index contributed by atoms with van der Waals surface area (Å²) in [4.78, 5) is 14.9. The van der Waals surface area contributed by atoms with Gasteiger partial charge in [0, 0.05) is 18.7 Å². The van der Waals surface area contributed by atoms with Crippen LogP contribution in [-0.2, 0) is 14.8 Å². The van der Waals surface area contributed by atoms with E-state index in [0.717, 1.165) is 37.7 Å². The van der Waals surface area contributed by atoms with Crippen LogP contribution in [0.15, 0.2) is 23.4 Å². The number of carbonyl (C=O) groups excluding carboxylic acids is 1. The monoisotopic (exact) mass is 313 g/mol. The molecule has 1 saturated carbocycles. The van der Waals surface area contributed by atoms with Crippen LogP contribution in [0.2, 0.25) is 0 Å². The zero-order chi connectivity index (χ0) is 15.1. The maximum Gasteiger partial charge on any atom is 0.242 e. The number of hydrogen-bond donors (Lipinski definition) is 2. The van der Waals surface area contributed by atoms with Crippen molar-refractivity contribution in [2.24, 2.45) is 0 Å². The van der Waals surface area contributed by atoms with Crippen molar-refractivity contribution in [3.63, 3.8) is 0 Å². The van der Waals surface area contributed by atoms with Crippen LogP contribution in [-0.4, -0.2) is 30.9 Å². The fourth-order valence-corrected chi connectivity index (χ4v) is 4.30. The number of nitrogens with zero attached hydrogens (tertiary/aromatic N) is 1. The quantitative estimate of drug-likeness (QED) is 0.860. The third-order valence-corrected chi connectivity index (χ3v) is 5.69. The molecule has 1 spiro atoms. The van der Waals surface area contributed by atoms with Crippen LogP contribution in [0.25, 0.3) is 0 Å². The molecular weight excluding hydrogens is 297 g/mol. The van der Waals surface area contributed by atoms with Crippen molar-refractivity contribution >= 4 is 15.9 Å². The summed E-state index contributed by atoms with van der Waals surface area (Å²) in [5, 5.41) is 2.91. The minimum absolute atomic E-state index is 0.0439. The molecule has 2 heterocycles.